The monoisotopic (exact) mass is 311 g/mol. The van der Waals surface area contributed by atoms with E-state index in [1.165, 1.54) is 0 Å². The molecule has 1 fully saturated rings. The van der Waals surface area contributed by atoms with Crippen LogP contribution in [0.1, 0.15) is 39.0 Å². The number of hydrogen-bond acceptors (Lipinski definition) is 3. The second-order valence-electron chi connectivity index (χ2n) is 5.82. The summed E-state index contributed by atoms with van der Waals surface area (Å²) >= 11 is 0. The van der Waals surface area contributed by atoms with E-state index in [1.807, 2.05) is 0 Å². The third kappa shape index (κ3) is 5.53. The van der Waals surface area contributed by atoms with Gasteiger partial charge in [0.2, 0.25) is 5.91 Å². The lowest BCUT2D eigenvalue weighted by molar-refractivity contribution is -0.184. The fourth-order valence-corrected chi connectivity index (χ4v) is 2.37. The van der Waals surface area contributed by atoms with Crippen molar-refractivity contribution in [1.29, 1.82) is 0 Å². The van der Waals surface area contributed by atoms with Gasteiger partial charge in [-0.3, -0.25) is 4.79 Å². The molecule has 1 aliphatic carbocycles. The maximum Gasteiger partial charge on any atom is 0.391 e. The van der Waals surface area contributed by atoms with E-state index < -0.39 is 36.1 Å². The molecule has 1 aliphatic rings. The number of amides is 1. The van der Waals surface area contributed by atoms with Gasteiger partial charge in [-0.05, 0) is 38.5 Å². The molecule has 21 heavy (non-hydrogen) atoms. The molecule has 0 bridgehead atoms. The first-order valence-electron chi connectivity index (χ1n) is 6.81. The van der Waals surface area contributed by atoms with Gasteiger partial charge in [0.1, 0.15) is 0 Å². The molecule has 0 aliphatic heterocycles. The highest BCUT2D eigenvalue weighted by atomic mass is 19.4. The Balaban J connectivity index is 2.33. The van der Waals surface area contributed by atoms with Gasteiger partial charge in [0.05, 0.1) is 12.5 Å². The van der Waals surface area contributed by atoms with Crippen LogP contribution in [-0.2, 0) is 9.59 Å². The number of aliphatic carboxylic acids is 1. The molecule has 8 heteroatoms. The fourth-order valence-electron chi connectivity index (χ4n) is 2.37. The minimum absolute atomic E-state index is 0.0221. The first-order valence-corrected chi connectivity index (χ1v) is 6.81. The minimum Gasteiger partial charge on any atom is -0.479 e. The molecule has 3 N–H and O–H groups in total. The summed E-state index contributed by atoms with van der Waals surface area (Å²) in [6.45, 7) is 0.628. The fraction of sp³-hybridized carbons (Fsp3) is 0.846. The smallest absolute Gasteiger partial charge is 0.391 e. The Morgan fingerprint density at radius 2 is 1.71 bits per heavy atom. The van der Waals surface area contributed by atoms with Crippen LogP contribution < -0.4 is 5.32 Å². The van der Waals surface area contributed by atoms with Gasteiger partial charge in [0, 0.05) is 6.42 Å². The quantitative estimate of drug-likeness (QED) is 0.721. The van der Waals surface area contributed by atoms with Crippen molar-refractivity contribution in [3.8, 4) is 0 Å². The summed E-state index contributed by atoms with van der Waals surface area (Å²) in [6.07, 6.45) is -3.42. The Morgan fingerprint density at radius 1 is 1.19 bits per heavy atom. The number of carboxylic acids is 1. The van der Waals surface area contributed by atoms with Gasteiger partial charge in [-0.15, -0.1) is 0 Å². The number of carbonyl (C=O) groups excluding carboxylic acids is 1. The van der Waals surface area contributed by atoms with Gasteiger partial charge >= 0.3 is 12.1 Å². The van der Waals surface area contributed by atoms with Crippen molar-refractivity contribution in [3.05, 3.63) is 0 Å². The Bertz CT molecular complexity index is 387. The van der Waals surface area contributed by atoms with Crippen LogP contribution in [0.5, 0.6) is 0 Å². The Morgan fingerprint density at radius 3 is 2.14 bits per heavy atom. The molecule has 122 valence electrons. The van der Waals surface area contributed by atoms with E-state index in [0.717, 1.165) is 6.92 Å². The summed E-state index contributed by atoms with van der Waals surface area (Å²) in [7, 11) is 0. The Labute approximate surface area is 120 Å². The molecule has 0 aromatic heterocycles. The molecule has 1 amide bonds. The van der Waals surface area contributed by atoms with Crippen LogP contribution in [0.15, 0.2) is 0 Å². The molecule has 0 heterocycles. The molecule has 1 saturated carbocycles. The lowest BCUT2D eigenvalue weighted by atomic mass is 9.80. The predicted molar refractivity (Wildman–Crippen MR) is 67.4 cm³/mol. The maximum atomic E-state index is 12.5. The van der Waals surface area contributed by atoms with Gasteiger partial charge in [-0.2, -0.15) is 13.2 Å². The van der Waals surface area contributed by atoms with Crippen LogP contribution in [0.25, 0.3) is 0 Å². The number of rotatable bonds is 5. The normalized spacial score (nSPS) is 26.0. The van der Waals surface area contributed by atoms with Crippen LogP contribution in [0.4, 0.5) is 13.2 Å². The molecule has 5 nitrogen and oxygen atoms in total. The largest absolute Gasteiger partial charge is 0.479 e. The summed E-state index contributed by atoms with van der Waals surface area (Å²) in [5, 5.41) is 20.4. The topological polar surface area (TPSA) is 86.6 Å². The van der Waals surface area contributed by atoms with Crippen molar-refractivity contribution in [2.75, 3.05) is 6.54 Å². The van der Waals surface area contributed by atoms with Gasteiger partial charge in [-0.1, -0.05) is 0 Å². The molecule has 0 aromatic carbocycles. The van der Waals surface area contributed by atoms with Crippen LogP contribution in [-0.4, -0.2) is 40.4 Å². The SMILES string of the molecule is CC(O)(CNC(=O)CC1CCC(C(F)(F)F)CC1)C(=O)O. The number of nitrogens with one attached hydrogen (secondary N) is 1. The van der Waals surface area contributed by atoms with Crippen molar-refractivity contribution in [2.45, 2.75) is 50.8 Å². The number of hydrogen-bond donors (Lipinski definition) is 3. The van der Waals surface area contributed by atoms with E-state index >= 15 is 0 Å². The molecule has 1 unspecified atom stereocenters. The molecule has 0 spiro atoms. The molecule has 0 radical (unpaired) electrons. The van der Waals surface area contributed by atoms with E-state index in [-0.39, 0.29) is 25.2 Å². The van der Waals surface area contributed by atoms with E-state index in [4.69, 9.17) is 5.11 Å². The summed E-state index contributed by atoms with van der Waals surface area (Å²) in [5.74, 6) is -3.32. The number of carbonyl (C=O) groups is 2. The van der Waals surface area contributed by atoms with E-state index in [2.05, 4.69) is 5.32 Å². The van der Waals surface area contributed by atoms with Crippen molar-refractivity contribution < 1.29 is 33.0 Å². The molecule has 1 rings (SSSR count). The second-order valence-corrected chi connectivity index (χ2v) is 5.82. The predicted octanol–water partition coefficient (Wildman–Crippen LogP) is 1.70. The Hall–Kier alpha value is -1.31. The standard InChI is InChI=1S/C13H20F3NO4/c1-12(21,11(19)20)7-17-10(18)6-8-2-4-9(5-3-8)13(14,15)16/h8-9,21H,2-7H2,1H3,(H,17,18)(H,19,20). The number of aliphatic hydroxyl groups is 1. The molecule has 0 saturated heterocycles. The van der Waals surface area contributed by atoms with Gasteiger partial charge in [0.15, 0.2) is 5.60 Å². The maximum absolute atomic E-state index is 12.5. The zero-order valence-corrected chi connectivity index (χ0v) is 11.7. The highest BCUT2D eigenvalue weighted by Crippen LogP contribution is 2.40. The summed E-state index contributed by atoms with van der Waals surface area (Å²) in [4.78, 5) is 22.3. The van der Waals surface area contributed by atoms with Gasteiger partial charge in [-0.25, -0.2) is 4.79 Å². The average molecular weight is 311 g/mol. The van der Waals surface area contributed by atoms with Gasteiger partial charge in [0.25, 0.3) is 0 Å². The van der Waals surface area contributed by atoms with Crippen molar-refractivity contribution in [3.63, 3.8) is 0 Å². The minimum atomic E-state index is -4.17. The van der Waals surface area contributed by atoms with Crippen molar-refractivity contribution >= 4 is 11.9 Å². The number of halogens is 3. The average Bonchev–Trinajstić information content (AvgIpc) is 2.36. The van der Waals surface area contributed by atoms with Crippen LogP contribution in [0, 0.1) is 11.8 Å². The second kappa shape index (κ2) is 6.64. The summed E-state index contributed by atoms with van der Waals surface area (Å²) in [5.41, 5.74) is -2.05. The first-order chi connectivity index (χ1) is 9.52. The first kappa shape index (κ1) is 17.7. The van der Waals surface area contributed by atoms with Crippen LogP contribution >= 0.6 is 0 Å². The molecular formula is C13H20F3NO4. The molecule has 0 aromatic rings. The molecular weight excluding hydrogens is 291 g/mol. The number of alkyl halides is 3. The van der Waals surface area contributed by atoms with E-state index in [9.17, 15) is 27.9 Å². The zero-order chi connectivity index (χ0) is 16.3. The molecule has 1 atom stereocenters. The third-order valence-electron chi connectivity index (χ3n) is 3.87. The van der Waals surface area contributed by atoms with E-state index in [1.54, 1.807) is 0 Å². The summed E-state index contributed by atoms with van der Waals surface area (Å²) in [6, 6.07) is 0. The van der Waals surface area contributed by atoms with Gasteiger partial charge < -0.3 is 15.5 Å². The zero-order valence-electron chi connectivity index (χ0n) is 11.7. The Kier molecular flexibility index (Phi) is 5.61. The lowest BCUT2D eigenvalue weighted by Gasteiger charge is -2.29. The van der Waals surface area contributed by atoms with E-state index in [0.29, 0.717) is 12.8 Å². The van der Waals surface area contributed by atoms with Crippen molar-refractivity contribution in [1.82, 2.24) is 5.32 Å². The highest BCUT2D eigenvalue weighted by Gasteiger charge is 2.41. The van der Waals surface area contributed by atoms with Crippen LogP contribution in [0.2, 0.25) is 0 Å². The van der Waals surface area contributed by atoms with Crippen LogP contribution in [0.3, 0.4) is 0 Å². The number of carboxylic acid groups (broad SMARTS) is 1. The lowest BCUT2D eigenvalue weighted by Crippen LogP contribution is -2.46. The third-order valence-corrected chi connectivity index (χ3v) is 3.87. The van der Waals surface area contributed by atoms with Crippen molar-refractivity contribution in [2.24, 2.45) is 11.8 Å². The summed E-state index contributed by atoms with van der Waals surface area (Å²) < 4.78 is 37.5. The highest BCUT2D eigenvalue weighted by molar-refractivity contribution is 5.80.